The standard InChI is InChI=1S/C15H29N3O3/c1-14(2)9-11(10-15(3,4)18-14)17-13(20)12(19)16-7-6-8-21-5/h11,18H,6-10H2,1-5H3,(H,16,19)(H,17,20). The zero-order valence-electron chi connectivity index (χ0n) is 13.8. The van der Waals surface area contributed by atoms with Crippen LogP contribution in [0.1, 0.15) is 47.0 Å². The van der Waals surface area contributed by atoms with Gasteiger partial charge in [-0.05, 0) is 47.0 Å². The van der Waals surface area contributed by atoms with Crippen LogP contribution in [0, 0.1) is 0 Å². The SMILES string of the molecule is COCCCNC(=O)C(=O)NC1CC(C)(C)NC(C)(C)C1. The van der Waals surface area contributed by atoms with Crippen molar-refractivity contribution in [2.45, 2.75) is 64.1 Å². The van der Waals surface area contributed by atoms with E-state index < -0.39 is 11.8 Å². The van der Waals surface area contributed by atoms with Crippen LogP contribution in [0.25, 0.3) is 0 Å². The predicted octanol–water partition coefficient (Wildman–Crippen LogP) is 0.565. The molecule has 122 valence electrons. The van der Waals surface area contributed by atoms with Gasteiger partial charge in [0.2, 0.25) is 0 Å². The van der Waals surface area contributed by atoms with E-state index in [0.29, 0.717) is 19.6 Å². The summed E-state index contributed by atoms with van der Waals surface area (Å²) in [6.07, 6.45) is 2.31. The second kappa shape index (κ2) is 7.22. The number of nitrogens with one attached hydrogen (secondary N) is 3. The lowest BCUT2D eigenvalue weighted by Gasteiger charge is -2.46. The molecule has 0 saturated carbocycles. The summed E-state index contributed by atoms with van der Waals surface area (Å²) in [5.41, 5.74) is -0.122. The first kappa shape index (κ1) is 17.9. The monoisotopic (exact) mass is 299 g/mol. The Morgan fingerprint density at radius 1 is 1.14 bits per heavy atom. The lowest BCUT2D eigenvalue weighted by atomic mass is 9.79. The summed E-state index contributed by atoms with van der Waals surface area (Å²) >= 11 is 0. The van der Waals surface area contributed by atoms with Gasteiger partial charge < -0.3 is 20.7 Å². The van der Waals surface area contributed by atoms with Gasteiger partial charge in [-0.25, -0.2) is 0 Å². The Balaban J connectivity index is 2.44. The van der Waals surface area contributed by atoms with Crippen LogP contribution < -0.4 is 16.0 Å². The molecule has 0 aromatic rings. The van der Waals surface area contributed by atoms with Crippen molar-refractivity contribution >= 4 is 11.8 Å². The highest BCUT2D eigenvalue weighted by Crippen LogP contribution is 2.28. The van der Waals surface area contributed by atoms with Crippen LogP contribution >= 0.6 is 0 Å². The molecule has 0 aliphatic carbocycles. The van der Waals surface area contributed by atoms with E-state index in [9.17, 15) is 9.59 Å². The second-order valence-corrected chi connectivity index (χ2v) is 7.07. The molecule has 21 heavy (non-hydrogen) atoms. The van der Waals surface area contributed by atoms with Crippen molar-refractivity contribution in [1.82, 2.24) is 16.0 Å². The van der Waals surface area contributed by atoms with Gasteiger partial charge in [0.05, 0.1) is 0 Å². The largest absolute Gasteiger partial charge is 0.385 e. The van der Waals surface area contributed by atoms with Crippen molar-refractivity contribution in [3.05, 3.63) is 0 Å². The minimum atomic E-state index is -0.569. The van der Waals surface area contributed by atoms with Crippen LogP contribution in [0.5, 0.6) is 0 Å². The van der Waals surface area contributed by atoms with E-state index >= 15 is 0 Å². The lowest BCUT2D eigenvalue weighted by Crippen LogP contribution is -2.62. The highest BCUT2D eigenvalue weighted by molar-refractivity contribution is 6.35. The summed E-state index contributed by atoms with van der Waals surface area (Å²) in [6, 6.07) is 0.00785. The smallest absolute Gasteiger partial charge is 0.309 e. The summed E-state index contributed by atoms with van der Waals surface area (Å²) in [5, 5.41) is 9.00. The summed E-state index contributed by atoms with van der Waals surface area (Å²) in [4.78, 5) is 23.6. The van der Waals surface area contributed by atoms with E-state index in [1.165, 1.54) is 0 Å². The first-order valence-corrected chi connectivity index (χ1v) is 7.52. The molecule has 1 rings (SSSR count). The Kier molecular flexibility index (Phi) is 6.16. The third-order valence-corrected chi connectivity index (χ3v) is 3.54. The molecular formula is C15H29N3O3. The third kappa shape index (κ3) is 6.44. The summed E-state index contributed by atoms with van der Waals surface area (Å²) in [7, 11) is 1.61. The fourth-order valence-electron chi connectivity index (χ4n) is 3.17. The van der Waals surface area contributed by atoms with Gasteiger partial charge in [-0.1, -0.05) is 0 Å². The van der Waals surface area contributed by atoms with Crippen LogP contribution in [0.4, 0.5) is 0 Å². The van der Waals surface area contributed by atoms with Gasteiger partial charge in [0.25, 0.3) is 0 Å². The molecule has 2 amide bonds. The lowest BCUT2D eigenvalue weighted by molar-refractivity contribution is -0.140. The quantitative estimate of drug-likeness (QED) is 0.512. The number of amides is 2. The van der Waals surface area contributed by atoms with E-state index in [4.69, 9.17) is 4.74 Å². The molecule has 0 aromatic carbocycles. The number of hydrogen-bond acceptors (Lipinski definition) is 4. The third-order valence-electron chi connectivity index (χ3n) is 3.54. The van der Waals surface area contributed by atoms with Crippen molar-refractivity contribution < 1.29 is 14.3 Å². The number of methoxy groups -OCH3 is 1. The molecule has 0 atom stereocenters. The van der Waals surface area contributed by atoms with Gasteiger partial charge in [-0.3, -0.25) is 9.59 Å². The molecular weight excluding hydrogens is 270 g/mol. The predicted molar refractivity (Wildman–Crippen MR) is 82.0 cm³/mol. The topological polar surface area (TPSA) is 79.5 Å². The summed E-state index contributed by atoms with van der Waals surface area (Å²) in [5.74, 6) is -1.12. The molecule has 0 aromatic heterocycles. The fraction of sp³-hybridized carbons (Fsp3) is 0.867. The normalized spacial score (nSPS) is 20.8. The maximum atomic E-state index is 11.9. The average Bonchev–Trinajstić information content (AvgIpc) is 2.30. The molecule has 0 spiro atoms. The van der Waals surface area contributed by atoms with Gasteiger partial charge in [-0.15, -0.1) is 0 Å². The van der Waals surface area contributed by atoms with E-state index in [1.54, 1.807) is 7.11 Å². The van der Waals surface area contributed by atoms with Gasteiger partial charge in [0.15, 0.2) is 0 Å². The highest BCUT2D eigenvalue weighted by Gasteiger charge is 2.38. The molecule has 6 nitrogen and oxygen atoms in total. The van der Waals surface area contributed by atoms with Crippen LogP contribution in [0.15, 0.2) is 0 Å². The highest BCUT2D eigenvalue weighted by atomic mass is 16.5. The molecule has 1 aliphatic heterocycles. The Labute approximate surface area is 127 Å². The molecule has 3 N–H and O–H groups in total. The number of ether oxygens (including phenoxy) is 1. The zero-order chi connectivity index (χ0) is 16.1. The van der Waals surface area contributed by atoms with Crippen molar-refractivity contribution in [3.63, 3.8) is 0 Å². The minimum absolute atomic E-state index is 0.00785. The van der Waals surface area contributed by atoms with E-state index in [-0.39, 0.29) is 17.1 Å². The molecule has 1 heterocycles. The maximum absolute atomic E-state index is 11.9. The number of rotatable bonds is 5. The van der Waals surface area contributed by atoms with Crippen LogP contribution in [0.2, 0.25) is 0 Å². The van der Waals surface area contributed by atoms with Crippen molar-refractivity contribution in [2.24, 2.45) is 0 Å². The van der Waals surface area contributed by atoms with Crippen molar-refractivity contribution in [2.75, 3.05) is 20.3 Å². The Hall–Kier alpha value is -1.14. The zero-order valence-corrected chi connectivity index (χ0v) is 13.8. The number of piperidine rings is 1. The van der Waals surface area contributed by atoms with Crippen molar-refractivity contribution in [3.8, 4) is 0 Å². The summed E-state index contributed by atoms with van der Waals surface area (Å²) < 4.78 is 4.89. The van der Waals surface area contributed by atoms with Gasteiger partial charge in [0.1, 0.15) is 0 Å². The van der Waals surface area contributed by atoms with E-state index in [1.807, 2.05) is 0 Å². The second-order valence-electron chi connectivity index (χ2n) is 7.07. The van der Waals surface area contributed by atoms with Gasteiger partial charge in [0, 0.05) is 37.4 Å². The molecule has 1 fully saturated rings. The van der Waals surface area contributed by atoms with Crippen LogP contribution in [-0.2, 0) is 14.3 Å². The minimum Gasteiger partial charge on any atom is -0.385 e. The average molecular weight is 299 g/mol. The first-order chi connectivity index (χ1) is 9.65. The van der Waals surface area contributed by atoms with Crippen LogP contribution in [-0.4, -0.2) is 49.2 Å². The molecule has 0 bridgehead atoms. The number of carbonyl (C=O) groups excluding carboxylic acids is 2. The van der Waals surface area contributed by atoms with Gasteiger partial charge in [-0.2, -0.15) is 0 Å². The summed E-state index contributed by atoms with van der Waals surface area (Å²) in [6.45, 7) is 9.45. The molecule has 1 aliphatic rings. The molecule has 0 unspecified atom stereocenters. The van der Waals surface area contributed by atoms with Crippen LogP contribution in [0.3, 0.4) is 0 Å². The molecule has 1 saturated heterocycles. The van der Waals surface area contributed by atoms with E-state index in [0.717, 1.165) is 12.8 Å². The van der Waals surface area contributed by atoms with E-state index in [2.05, 4.69) is 43.6 Å². The van der Waals surface area contributed by atoms with Crippen molar-refractivity contribution in [1.29, 1.82) is 0 Å². The molecule has 6 heteroatoms. The maximum Gasteiger partial charge on any atom is 0.309 e. The Morgan fingerprint density at radius 3 is 2.24 bits per heavy atom. The molecule has 0 radical (unpaired) electrons. The fourth-order valence-corrected chi connectivity index (χ4v) is 3.17. The Bertz CT molecular complexity index is 364. The Morgan fingerprint density at radius 2 is 1.71 bits per heavy atom. The number of carbonyl (C=O) groups is 2. The first-order valence-electron chi connectivity index (χ1n) is 7.52. The van der Waals surface area contributed by atoms with Gasteiger partial charge >= 0.3 is 11.8 Å². The number of hydrogen-bond donors (Lipinski definition) is 3.